The number of hydrogen-bond donors (Lipinski definition) is 0. The Labute approximate surface area is 176 Å². The standard InChI is InChI=1S/C21H20FN3O2S2/c1-4-10-25(11-5-2)17(26)13-29-21-23-19-18(20(27)24(21)3)16(12-28-19)14-6-8-15(22)9-7-14/h4-9,12H,1-2,10-11,13H2,3H3. The van der Waals surface area contributed by atoms with Crippen LogP contribution in [-0.2, 0) is 11.8 Å². The fraction of sp³-hybridized carbons (Fsp3) is 0.190. The quantitative estimate of drug-likeness (QED) is 0.307. The smallest absolute Gasteiger partial charge is 0.263 e. The van der Waals surface area contributed by atoms with Crippen LogP contribution >= 0.6 is 23.1 Å². The van der Waals surface area contributed by atoms with Crippen LogP contribution in [0.5, 0.6) is 0 Å². The zero-order chi connectivity index (χ0) is 21.0. The molecule has 3 aromatic rings. The molecule has 0 aliphatic rings. The molecule has 8 heteroatoms. The van der Waals surface area contributed by atoms with E-state index in [1.807, 2.05) is 5.38 Å². The lowest BCUT2D eigenvalue weighted by atomic mass is 10.1. The van der Waals surface area contributed by atoms with Crippen molar-refractivity contribution in [3.63, 3.8) is 0 Å². The van der Waals surface area contributed by atoms with E-state index in [9.17, 15) is 14.0 Å². The van der Waals surface area contributed by atoms with Crippen LogP contribution in [0, 0.1) is 5.82 Å². The minimum absolute atomic E-state index is 0.0812. The van der Waals surface area contributed by atoms with E-state index in [-0.39, 0.29) is 23.0 Å². The number of benzene rings is 1. The highest BCUT2D eigenvalue weighted by Crippen LogP contribution is 2.32. The average molecular weight is 430 g/mol. The molecule has 0 spiro atoms. The van der Waals surface area contributed by atoms with E-state index >= 15 is 0 Å². The van der Waals surface area contributed by atoms with Crippen LogP contribution < -0.4 is 5.56 Å². The molecule has 5 nitrogen and oxygen atoms in total. The largest absolute Gasteiger partial charge is 0.335 e. The summed E-state index contributed by atoms with van der Waals surface area (Å²) >= 11 is 2.57. The van der Waals surface area contributed by atoms with E-state index in [0.29, 0.717) is 28.5 Å². The van der Waals surface area contributed by atoms with Crippen molar-refractivity contribution in [3.05, 3.63) is 71.1 Å². The third-order valence-electron chi connectivity index (χ3n) is 4.31. The first-order chi connectivity index (χ1) is 14.0. The molecule has 0 N–H and O–H groups in total. The molecule has 0 unspecified atom stereocenters. The maximum absolute atomic E-state index is 13.2. The van der Waals surface area contributed by atoms with Gasteiger partial charge < -0.3 is 4.90 Å². The maximum atomic E-state index is 13.2. The van der Waals surface area contributed by atoms with Gasteiger partial charge in [0.1, 0.15) is 10.6 Å². The molecule has 3 rings (SSSR count). The van der Waals surface area contributed by atoms with E-state index in [1.165, 1.54) is 39.8 Å². The molecule has 0 aliphatic carbocycles. The second-order valence-corrected chi connectivity index (χ2v) is 8.06. The van der Waals surface area contributed by atoms with Gasteiger partial charge in [0.05, 0.1) is 11.1 Å². The summed E-state index contributed by atoms with van der Waals surface area (Å²) in [6.07, 6.45) is 3.32. The second-order valence-electron chi connectivity index (χ2n) is 6.26. The van der Waals surface area contributed by atoms with Crippen molar-refractivity contribution in [3.8, 4) is 11.1 Å². The fourth-order valence-electron chi connectivity index (χ4n) is 2.83. The van der Waals surface area contributed by atoms with Gasteiger partial charge in [-0.15, -0.1) is 24.5 Å². The Morgan fingerprint density at radius 1 is 1.28 bits per heavy atom. The zero-order valence-corrected chi connectivity index (χ0v) is 17.6. The van der Waals surface area contributed by atoms with E-state index in [4.69, 9.17) is 0 Å². The van der Waals surface area contributed by atoms with E-state index in [1.54, 1.807) is 36.2 Å². The van der Waals surface area contributed by atoms with Gasteiger partial charge in [0.25, 0.3) is 5.56 Å². The topological polar surface area (TPSA) is 55.2 Å². The molecule has 1 aromatic carbocycles. The van der Waals surface area contributed by atoms with Crippen LogP contribution in [-0.4, -0.2) is 39.2 Å². The van der Waals surface area contributed by atoms with Gasteiger partial charge in [0, 0.05) is 31.1 Å². The Hall–Kier alpha value is -2.71. The minimum Gasteiger partial charge on any atom is -0.335 e. The summed E-state index contributed by atoms with van der Waals surface area (Å²) in [6.45, 7) is 8.19. The molecule has 0 saturated heterocycles. The van der Waals surface area contributed by atoms with E-state index < -0.39 is 0 Å². The van der Waals surface area contributed by atoms with Crippen molar-refractivity contribution in [2.75, 3.05) is 18.8 Å². The van der Waals surface area contributed by atoms with Gasteiger partial charge >= 0.3 is 0 Å². The third kappa shape index (κ3) is 4.49. The van der Waals surface area contributed by atoms with Crippen LogP contribution in [0.2, 0.25) is 0 Å². The van der Waals surface area contributed by atoms with Gasteiger partial charge in [0.2, 0.25) is 5.91 Å². The zero-order valence-electron chi connectivity index (χ0n) is 15.9. The predicted octanol–water partition coefficient (Wildman–Crippen LogP) is 4.09. The van der Waals surface area contributed by atoms with Crippen LogP contribution in [0.15, 0.2) is 64.9 Å². The Bertz CT molecular complexity index is 1110. The number of amides is 1. The van der Waals surface area contributed by atoms with Crippen LogP contribution in [0.25, 0.3) is 21.3 Å². The Balaban J connectivity index is 1.89. The first-order valence-corrected chi connectivity index (χ1v) is 10.7. The number of carbonyl (C=O) groups excluding carboxylic acids is 1. The Morgan fingerprint density at radius 2 is 1.93 bits per heavy atom. The van der Waals surface area contributed by atoms with Crippen molar-refractivity contribution < 1.29 is 9.18 Å². The highest BCUT2D eigenvalue weighted by atomic mass is 32.2. The second kappa shape index (κ2) is 9.19. The summed E-state index contributed by atoms with van der Waals surface area (Å²) in [5, 5.41) is 2.82. The number of carbonyl (C=O) groups is 1. The van der Waals surface area contributed by atoms with Crippen LogP contribution in [0.1, 0.15) is 0 Å². The summed E-state index contributed by atoms with van der Waals surface area (Å²) in [4.78, 5) is 32.2. The number of nitrogens with zero attached hydrogens (tertiary/aromatic N) is 3. The lowest BCUT2D eigenvalue weighted by Gasteiger charge is -2.19. The molecule has 150 valence electrons. The average Bonchev–Trinajstić information content (AvgIpc) is 3.13. The molecule has 1 amide bonds. The minimum atomic E-state index is -0.329. The summed E-state index contributed by atoms with van der Waals surface area (Å²) in [5.74, 6) is -0.254. The normalized spacial score (nSPS) is 10.8. The molecule has 0 atom stereocenters. The number of thioether (sulfide) groups is 1. The van der Waals surface area contributed by atoms with Gasteiger partial charge in [-0.05, 0) is 17.7 Å². The molecule has 0 bridgehead atoms. The molecule has 0 saturated carbocycles. The van der Waals surface area contributed by atoms with Gasteiger partial charge in [-0.3, -0.25) is 14.2 Å². The highest BCUT2D eigenvalue weighted by molar-refractivity contribution is 7.99. The van der Waals surface area contributed by atoms with Gasteiger partial charge in [-0.25, -0.2) is 9.37 Å². The molecule has 2 heterocycles. The molecule has 0 fully saturated rings. The molecular weight excluding hydrogens is 409 g/mol. The SMILES string of the molecule is C=CCN(CC=C)C(=O)CSc1nc2scc(-c3ccc(F)cc3)c2c(=O)n1C. The number of rotatable bonds is 8. The van der Waals surface area contributed by atoms with Crippen LogP contribution in [0.4, 0.5) is 4.39 Å². The van der Waals surface area contributed by atoms with E-state index in [0.717, 1.165) is 11.1 Å². The number of halogens is 1. The monoisotopic (exact) mass is 429 g/mol. The summed E-state index contributed by atoms with van der Waals surface area (Å²) in [6, 6.07) is 6.02. The molecule has 29 heavy (non-hydrogen) atoms. The first kappa shape index (κ1) is 21.0. The lowest BCUT2D eigenvalue weighted by molar-refractivity contribution is -0.127. The van der Waals surface area contributed by atoms with Crippen molar-refractivity contribution in [1.82, 2.24) is 14.5 Å². The number of thiophene rings is 1. The number of aromatic nitrogens is 2. The molecule has 0 aliphatic heterocycles. The fourth-order valence-corrected chi connectivity index (χ4v) is 4.69. The van der Waals surface area contributed by atoms with Crippen molar-refractivity contribution in [2.45, 2.75) is 5.16 Å². The van der Waals surface area contributed by atoms with Gasteiger partial charge in [-0.1, -0.05) is 36.0 Å². The highest BCUT2D eigenvalue weighted by Gasteiger charge is 2.18. The summed E-state index contributed by atoms with van der Waals surface area (Å²) < 4.78 is 14.7. The van der Waals surface area contributed by atoms with Crippen molar-refractivity contribution in [2.24, 2.45) is 7.05 Å². The molecule has 0 radical (unpaired) electrons. The number of fused-ring (bicyclic) bond motifs is 1. The maximum Gasteiger partial charge on any atom is 0.263 e. The van der Waals surface area contributed by atoms with Crippen molar-refractivity contribution in [1.29, 1.82) is 0 Å². The third-order valence-corrected chi connectivity index (χ3v) is 6.19. The van der Waals surface area contributed by atoms with E-state index in [2.05, 4.69) is 18.1 Å². The Kier molecular flexibility index (Phi) is 6.66. The van der Waals surface area contributed by atoms with Gasteiger partial charge in [0.15, 0.2) is 5.16 Å². The molecule has 2 aromatic heterocycles. The predicted molar refractivity (Wildman–Crippen MR) is 118 cm³/mol. The van der Waals surface area contributed by atoms with Crippen LogP contribution in [0.3, 0.4) is 0 Å². The summed E-state index contributed by atoms with van der Waals surface area (Å²) in [7, 11) is 1.64. The lowest BCUT2D eigenvalue weighted by Crippen LogP contribution is -2.33. The summed E-state index contributed by atoms with van der Waals surface area (Å²) in [5.41, 5.74) is 1.30. The molecular formula is C21H20FN3O2S2. The number of hydrogen-bond acceptors (Lipinski definition) is 5. The van der Waals surface area contributed by atoms with Crippen molar-refractivity contribution >= 4 is 39.2 Å². The first-order valence-electron chi connectivity index (χ1n) is 8.82. The Morgan fingerprint density at radius 3 is 2.55 bits per heavy atom. The van der Waals surface area contributed by atoms with Gasteiger partial charge in [-0.2, -0.15) is 0 Å².